The number of aryl methyl sites for hydroxylation is 1. The van der Waals surface area contributed by atoms with Gasteiger partial charge >= 0.3 is 0 Å². The Balaban J connectivity index is 1.32. The summed E-state index contributed by atoms with van der Waals surface area (Å²) in [6, 6.07) is 9.72. The number of carbonyl (C=O) groups is 1. The summed E-state index contributed by atoms with van der Waals surface area (Å²) < 4.78 is 0. The molecule has 1 aliphatic carbocycles. The lowest BCUT2D eigenvalue weighted by Gasteiger charge is -2.40. The summed E-state index contributed by atoms with van der Waals surface area (Å²) in [6.45, 7) is 2.14. The number of nitrogens with zero attached hydrogens (tertiary/aromatic N) is 4. The minimum absolute atomic E-state index is 0.210. The molecule has 1 aromatic carbocycles. The van der Waals surface area contributed by atoms with E-state index in [1.165, 1.54) is 17.5 Å². The molecule has 2 heterocycles. The molecule has 0 bridgehead atoms. The molecule has 0 radical (unpaired) electrons. The van der Waals surface area contributed by atoms with Crippen molar-refractivity contribution in [2.24, 2.45) is 0 Å². The maximum atomic E-state index is 12.7. The summed E-state index contributed by atoms with van der Waals surface area (Å²) in [7, 11) is 1.97. The SMILES string of the molecule is CN(C(=O)CCc1cnccn1)C1CCCN(C2Cc3ccccc3C2)C1. The molecule has 0 spiro atoms. The van der Waals surface area contributed by atoms with Gasteiger partial charge in [0.2, 0.25) is 5.91 Å². The van der Waals surface area contributed by atoms with Crippen molar-refractivity contribution in [2.75, 3.05) is 20.1 Å². The van der Waals surface area contributed by atoms with Crippen molar-refractivity contribution in [3.8, 4) is 0 Å². The quantitative estimate of drug-likeness (QED) is 0.818. The molecule has 1 unspecified atom stereocenters. The number of likely N-dealkylation sites (tertiary alicyclic amines) is 1. The Kier molecular flexibility index (Phi) is 5.48. The van der Waals surface area contributed by atoms with Crippen molar-refractivity contribution < 1.29 is 4.79 Å². The maximum Gasteiger partial charge on any atom is 0.222 e. The first-order valence-electron chi connectivity index (χ1n) is 10.0. The van der Waals surface area contributed by atoms with Crippen LogP contribution in [0.15, 0.2) is 42.9 Å². The molecule has 1 aliphatic heterocycles. The normalized spacial score (nSPS) is 20.4. The van der Waals surface area contributed by atoms with E-state index in [4.69, 9.17) is 0 Å². The lowest BCUT2D eigenvalue weighted by atomic mass is 10.0. The van der Waals surface area contributed by atoms with Gasteiger partial charge in [-0.25, -0.2) is 0 Å². The third-order valence-corrected chi connectivity index (χ3v) is 6.13. The zero-order valence-electron chi connectivity index (χ0n) is 16.1. The van der Waals surface area contributed by atoms with Crippen molar-refractivity contribution in [3.63, 3.8) is 0 Å². The van der Waals surface area contributed by atoms with E-state index in [0.717, 1.165) is 38.0 Å². The van der Waals surface area contributed by atoms with Crippen LogP contribution in [0, 0.1) is 0 Å². The van der Waals surface area contributed by atoms with E-state index in [2.05, 4.69) is 39.1 Å². The second-order valence-corrected chi connectivity index (χ2v) is 7.82. The first-order valence-corrected chi connectivity index (χ1v) is 10.0. The van der Waals surface area contributed by atoms with Crippen LogP contribution < -0.4 is 0 Å². The van der Waals surface area contributed by atoms with Gasteiger partial charge in [0.1, 0.15) is 0 Å². The Morgan fingerprint density at radius 2 is 2.00 bits per heavy atom. The smallest absolute Gasteiger partial charge is 0.222 e. The van der Waals surface area contributed by atoms with Crippen molar-refractivity contribution in [1.29, 1.82) is 0 Å². The van der Waals surface area contributed by atoms with E-state index < -0.39 is 0 Å². The Morgan fingerprint density at radius 3 is 2.70 bits per heavy atom. The number of fused-ring (bicyclic) bond motifs is 1. The van der Waals surface area contributed by atoms with Gasteiger partial charge in [-0.2, -0.15) is 0 Å². The van der Waals surface area contributed by atoms with Gasteiger partial charge in [-0.1, -0.05) is 24.3 Å². The van der Waals surface area contributed by atoms with Crippen molar-refractivity contribution in [3.05, 3.63) is 59.7 Å². The van der Waals surface area contributed by atoms with E-state index in [1.807, 2.05) is 11.9 Å². The highest BCUT2D eigenvalue weighted by atomic mass is 16.2. The third kappa shape index (κ3) is 4.19. The molecule has 1 fully saturated rings. The average molecular weight is 364 g/mol. The molecule has 1 amide bonds. The molecule has 2 aromatic rings. The van der Waals surface area contributed by atoms with Crippen LogP contribution in [0.3, 0.4) is 0 Å². The Bertz CT molecular complexity index is 754. The summed E-state index contributed by atoms with van der Waals surface area (Å²) in [5.74, 6) is 0.210. The van der Waals surface area contributed by atoms with Crippen molar-refractivity contribution in [2.45, 2.75) is 50.6 Å². The number of aromatic nitrogens is 2. The van der Waals surface area contributed by atoms with Crippen LogP contribution in [0.1, 0.15) is 36.1 Å². The summed E-state index contributed by atoms with van der Waals surface area (Å²) >= 11 is 0. The van der Waals surface area contributed by atoms with Gasteiger partial charge in [-0.15, -0.1) is 0 Å². The van der Waals surface area contributed by atoms with E-state index in [9.17, 15) is 4.79 Å². The van der Waals surface area contributed by atoms with E-state index in [0.29, 0.717) is 24.9 Å². The molecular weight excluding hydrogens is 336 g/mol. The first kappa shape index (κ1) is 18.1. The average Bonchev–Trinajstić information content (AvgIpc) is 3.17. The Labute approximate surface area is 161 Å². The molecular formula is C22H28N4O. The molecule has 27 heavy (non-hydrogen) atoms. The lowest BCUT2D eigenvalue weighted by molar-refractivity contribution is -0.133. The molecule has 4 rings (SSSR count). The number of rotatable bonds is 5. The monoisotopic (exact) mass is 364 g/mol. The number of amides is 1. The number of hydrogen-bond donors (Lipinski definition) is 0. The molecule has 1 atom stereocenters. The maximum absolute atomic E-state index is 12.7. The highest BCUT2D eigenvalue weighted by Gasteiger charge is 2.32. The summed E-state index contributed by atoms with van der Waals surface area (Å²) in [5, 5.41) is 0. The summed E-state index contributed by atoms with van der Waals surface area (Å²) in [5.41, 5.74) is 3.88. The lowest BCUT2D eigenvalue weighted by Crippen LogP contribution is -2.51. The Morgan fingerprint density at radius 1 is 1.22 bits per heavy atom. The number of likely N-dealkylation sites (N-methyl/N-ethyl adjacent to an activating group) is 1. The van der Waals surface area contributed by atoms with Gasteiger partial charge in [0.15, 0.2) is 0 Å². The van der Waals surface area contributed by atoms with E-state index in [1.54, 1.807) is 18.6 Å². The molecule has 0 saturated carbocycles. The van der Waals surface area contributed by atoms with E-state index in [-0.39, 0.29) is 5.91 Å². The zero-order chi connectivity index (χ0) is 18.6. The van der Waals surface area contributed by atoms with Crippen LogP contribution >= 0.6 is 0 Å². The fourth-order valence-corrected chi connectivity index (χ4v) is 4.50. The minimum Gasteiger partial charge on any atom is -0.341 e. The fourth-order valence-electron chi connectivity index (χ4n) is 4.50. The van der Waals surface area contributed by atoms with Crippen LogP contribution in [0.2, 0.25) is 0 Å². The zero-order valence-corrected chi connectivity index (χ0v) is 16.1. The fraction of sp³-hybridized carbons (Fsp3) is 0.500. The van der Waals surface area contributed by atoms with Gasteiger partial charge in [-0.3, -0.25) is 19.7 Å². The Hall–Kier alpha value is -2.27. The van der Waals surface area contributed by atoms with Crippen LogP contribution in [-0.4, -0.2) is 57.9 Å². The summed E-state index contributed by atoms with van der Waals surface area (Å²) in [4.78, 5) is 25.6. The first-order chi connectivity index (χ1) is 13.2. The topological polar surface area (TPSA) is 49.3 Å². The number of piperidine rings is 1. The molecule has 2 aliphatic rings. The third-order valence-electron chi connectivity index (χ3n) is 6.13. The van der Waals surface area contributed by atoms with Gasteiger partial charge in [-0.05, 0) is 49.8 Å². The van der Waals surface area contributed by atoms with Gasteiger partial charge in [0.25, 0.3) is 0 Å². The number of carbonyl (C=O) groups excluding carboxylic acids is 1. The molecule has 5 nitrogen and oxygen atoms in total. The summed E-state index contributed by atoms with van der Waals surface area (Å²) in [6.07, 6.45) is 10.8. The van der Waals surface area contributed by atoms with Crippen LogP contribution in [0.5, 0.6) is 0 Å². The largest absolute Gasteiger partial charge is 0.341 e. The van der Waals surface area contributed by atoms with E-state index >= 15 is 0 Å². The van der Waals surface area contributed by atoms with Crippen LogP contribution in [0.25, 0.3) is 0 Å². The van der Waals surface area contributed by atoms with Crippen LogP contribution in [0.4, 0.5) is 0 Å². The molecule has 1 saturated heterocycles. The highest BCUT2D eigenvalue weighted by Crippen LogP contribution is 2.28. The van der Waals surface area contributed by atoms with Gasteiger partial charge in [0, 0.05) is 50.7 Å². The highest BCUT2D eigenvalue weighted by molar-refractivity contribution is 5.76. The predicted molar refractivity (Wildman–Crippen MR) is 105 cm³/mol. The van der Waals surface area contributed by atoms with Gasteiger partial charge in [0.05, 0.1) is 5.69 Å². The minimum atomic E-state index is 0.210. The second-order valence-electron chi connectivity index (χ2n) is 7.82. The second kappa shape index (κ2) is 8.17. The molecule has 142 valence electrons. The molecule has 1 aromatic heterocycles. The van der Waals surface area contributed by atoms with Crippen molar-refractivity contribution >= 4 is 5.91 Å². The standard InChI is InChI=1S/C22H28N4O/c1-25(22(27)9-8-19-15-23-10-11-24-19)20-7-4-12-26(16-20)21-13-17-5-2-3-6-18(17)14-21/h2-3,5-6,10-11,15,20-21H,4,7-9,12-14,16H2,1H3. The van der Waals surface area contributed by atoms with Crippen LogP contribution in [-0.2, 0) is 24.1 Å². The van der Waals surface area contributed by atoms with Crippen molar-refractivity contribution in [1.82, 2.24) is 19.8 Å². The number of benzene rings is 1. The molecule has 0 N–H and O–H groups in total. The van der Waals surface area contributed by atoms with Gasteiger partial charge < -0.3 is 4.90 Å². The molecule has 5 heteroatoms. The predicted octanol–water partition coefficient (Wildman–Crippen LogP) is 2.50. The number of hydrogen-bond acceptors (Lipinski definition) is 4.